The van der Waals surface area contributed by atoms with Gasteiger partial charge in [0.1, 0.15) is 5.82 Å². The number of benzene rings is 1. The smallest absolute Gasteiger partial charge is 0.315 e. The van der Waals surface area contributed by atoms with Crippen molar-refractivity contribution >= 4 is 17.8 Å². The molecule has 21 heavy (non-hydrogen) atoms. The van der Waals surface area contributed by atoms with Crippen molar-refractivity contribution in [2.45, 2.75) is 42.4 Å². The van der Waals surface area contributed by atoms with E-state index in [1.807, 2.05) is 0 Å². The highest BCUT2D eigenvalue weighted by molar-refractivity contribution is 7.99. The highest BCUT2D eigenvalue weighted by Crippen LogP contribution is 2.34. The zero-order chi connectivity index (χ0) is 14.7. The van der Waals surface area contributed by atoms with Crippen LogP contribution in [-0.2, 0) is 4.74 Å². The molecule has 0 spiro atoms. The molecular formula is C15H19FN2O2S. The zero-order valence-corrected chi connectivity index (χ0v) is 12.5. The summed E-state index contributed by atoms with van der Waals surface area (Å²) in [6.07, 6.45) is 3.59. The van der Waals surface area contributed by atoms with Crippen molar-refractivity contribution < 1.29 is 13.9 Å². The number of rotatable bonds is 5. The van der Waals surface area contributed by atoms with Gasteiger partial charge in [-0.3, -0.25) is 0 Å². The summed E-state index contributed by atoms with van der Waals surface area (Å²) >= 11 is 1.40. The number of hydrogen-bond donors (Lipinski definition) is 2. The number of fused-ring (bicyclic) bond motifs is 2. The Morgan fingerprint density at radius 1 is 1.38 bits per heavy atom. The second-order valence-electron chi connectivity index (χ2n) is 5.40. The molecule has 0 aliphatic carbocycles. The van der Waals surface area contributed by atoms with E-state index in [-0.39, 0.29) is 24.0 Å². The van der Waals surface area contributed by atoms with Gasteiger partial charge >= 0.3 is 6.03 Å². The van der Waals surface area contributed by atoms with Crippen molar-refractivity contribution in [2.24, 2.45) is 0 Å². The minimum atomic E-state index is -0.217. The molecule has 2 saturated heterocycles. The van der Waals surface area contributed by atoms with Crippen LogP contribution in [0.25, 0.3) is 0 Å². The van der Waals surface area contributed by atoms with E-state index in [9.17, 15) is 9.18 Å². The lowest BCUT2D eigenvalue weighted by atomic mass is 9.96. The van der Waals surface area contributed by atoms with E-state index in [0.29, 0.717) is 23.3 Å². The molecule has 0 unspecified atom stereocenters. The van der Waals surface area contributed by atoms with E-state index in [2.05, 4.69) is 10.6 Å². The fourth-order valence-corrected chi connectivity index (χ4v) is 3.70. The number of thioether (sulfide) groups is 1. The molecule has 2 bridgehead atoms. The molecule has 0 aromatic heterocycles. The van der Waals surface area contributed by atoms with Gasteiger partial charge in [0.15, 0.2) is 0 Å². The van der Waals surface area contributed by atoms with Gasteiger partial charge in [0, 0.05) is 17.2 Å². The lowest BCUT2D eigenvalue weighted by Crippen LogP contribution is -2.46. The highest BCUT2D eigenvalue weighted by Gasteiger charge is 2.41. The van der Waals surface area contributed by atoms with Crippen LogP contribution in [0, 0.1) is 5.82 Å². The largest absolute Gasteiger partial charge is 0.373 e. The molecule has 114 valence electrons. The second kappa shape index (κ2) is 6.66. The summed E-state index contributed by atoms with van der Waals surface area (Å²) in [7, 11) is 0. The first-order chi connectivity index (χ1) is 10.2. The van der Waals surface area contributed by atoms with E-state index in [0.717, 1.165) is 19.3 Å². The molecule has 2 amide bonds. The van der Waals surface area contributed by atoms with Gasteiger partial charge in [-0.05, 0) is 31.4 Å². The lowest BCUT2D eigenvalue weighted by Gasteiger charge is -2.20. The first-order valence-electron chi connectivity index (χ1n) is 7.29. The molecule has 1 aromatic carbocycles. The van der Waals surface area contributed by atoms with Crippen LogP contribution in [0.3, 0.4) is 0 Å². The van der Waals surface area contributed by atoms with Gasteiger partial charge in [-0.1, -0.05) is 12.1 Å². The number of halogens is 1. The molecule has 2 aliphatic rings. The van der Waals surface area contributed by atoms with Crippen molar-refractivity contribution in [1.29, 1.82) is 0 Å². The summed E-state index contributed by atoms with van der Waals surface area (Å²) in [4.78, 5) is 12.4. The number of amides is 2. The van der Waals surface area contributed by atoms with Crippen LogP contribution >= 0.6 is 11.8 Å². The van der Waals surface area contributed by atoms with Gasteiger partial charge in [-0.25, -0.2) is 9.18 Å². The quantitative estimate of drug-likeness (QED) is 0.649. The average Bonchev–Trinajstić information content (AvgIpc) is 3.08. The van der Waals surface area contributed by atoms with E-state index >= 15 is 0 Å². The van der Waals surface area contributed by atoms with Gasteiger partial charge in [-0.2, -0.15) is 0 Å². The van der Waals surface area contributed by atoms with Crippen LogP contribution in [0.5, 0.6) is 0 Å². The molecule has 4 nitrogen and oxygen atoms in total. The lowest BCUT2D eigenvalue weighted by molar-refractivity contribution is 0.0981. The van der Waals surface area contributed by atoms with Crippen LogP contribution in [0.1, 0.15) is 19.3 Å². The van der Waals surface area contributed by atoms with Crippen LogP contribution in [0.4, 0.5) is 9.18 Å². The number of urea groups is 1. The Morgan fingerprint density at radius 2 is 2.24 bits per heavy atom. The standard InChI is InChI=1S/C15H19FN2O2S/c16-11-3-1-2-4-14(11)21-8-7-17-15(19)18-12-9-10-5-6-13(12)20-10/h1-4,10,12-13H,5-9H2,(H2,17,18,19)/t10-,12+,13-/m1/s1. The van der Waals surface area contributed by atoms with Crippen molar-refractivity contribution in [1.82, 2.24) is 10.6 Å². The summed E-state index contributed by atoms with van der Waals surface area (Å²) < 4.78 is 19.1. The molecule has 1 aromatic rings. The minimum Gasteiger partial charge on any atom is -0.373 e. The van der Waals surface area contributed by atoms with Crippen molar-refractivity contribution in [3.05, 3.63) is 30.1 Å². The third kappa shape index (κ3) is 3.68. The maximum Gasteiger partial charge on any atom is 0.315 e. The number of carbonyl (C=O) groups is 1. The molecule has 0 saturated carbocycles. The van der Waals surface area contributed by atoms with E-state index in [1.165, 1.54) is 17.8 Å². The molecule has 0 radical (unpaired) electrons. The third-order valence-corrected chi connectivity index (χ3v) is 4.95. The number of ether oxygens (including phenoxy) is 1. The Kier molecular flexibility index (Phi) is 4.65. The predicted molar refractivity (Wildman–Crippen MR) is 80.0 cm³/mol. The minimum absolute atomic E-state index is 0.142. The topological polar surface area (TPSA) is 50.4 Å². The SMILES string of the molecule is O=C(NCCSc1ccccc1F)N[C@H]1C[C@H]2CC[C@H]1O2. The summed E-state index contributed by atoms with van der Waals surface area (Å²) in [6.45, 7) is 0.506. The van der Waals surface area contributed by atoms with Crippen LogP contribution < -0.4 is 10.6 Å². The molecule has 2 N–H and O–H groups in total. The first-order valence-corrected chi connectivity index (χ1v) is 8.28. The Bertz CT molecular complexity index is 514. The molecule has 2 aliphatic heterocycles. The van der Waals surface area contributed by atoms with Crippen LogP contribution in [0.15, 0.2) is 29.2 Å². The Hall–Kier alpha value is -1.27. The van der Waals surface area contributed by atoms with Crippen molar-refractivity contribution in [3.63, 3.8) is 0 Å². The van der Waals surface area contributed by atoms with Gasteiger partial charge in [0.25, 0.3) is 0 Å². The highest BCUT2D eigenvalue weighted by atomic mass is 32.2. The maximum absolute atomic E-state index is 13.4. The Morgan fingerprint density at radius 3 is 2.95 bits per heavy atom. The zero-order valence-electron chi connectivity index (χ0n) is 11.7. The van der Waals surface area contributed by atoms with Gasteiger partial charge in [0.05, 0.1) is 18.2 Å². The molecule has 3 atom stereocenters. The summed E-state index contributed by atoms with van der Waals surface area (Å²) in [6, 6.07) is 6.64. The predicted octanol–water partition coefficient (Wildman–Crippen LogP) is 2.54. The van der Waals surface area contributed by atoms with Crippen LogP contribution in [0.2, 0.25) is 0 Å². The van der Waals surface area contributed by atoms with Gasteiger partial charge in [0.2, 0.25) is 0 Å². The average molecular weight is 310 g/mol. The first kappa shape index (κ1) is 14.7. The molecular weight excluding hydrogens is 291 g/mol. The van der Waals surface area contributed by atoms with E-state index < -0.39 is 0 Å². The third-order valence-electron chi connectivity index (χ3n) is 3.90. The Balaban J connectivity index is 1.34. The van der Waals surface area contributed by atoms with Crippen molar-refractivity contribution in [2.75, 3.05) is 12.3 Å². The van der Waals surface area contributed by atoms with Crippen molar-refractivity contribution in [3.8, 4) is 0 Å². The number of nitrogens with one attached hydrogen (secondary N) is 2. The van der Waals surface area contributed by atoms with Gasteiger partial charge < -0.3 is 15.4 Å². The summed E-state index contributed by atoms with van der Waals surface area (Å²) in [5.74, 6) is 0.424. The van der Waals surface area contributed by atoms with Crippen LogP contribution in [-0.4, -0.2) is 36.6 Å². The normalized spacial score (nSPS) is 26.8. The summed E-state index contributed by atoms with van der Waals surface area (Å²) in [5, 5.41) is 5.77. The van der Waals surface area contributed by atoms with E-state index in [1.54, 1.807) is 18.2 Å². The fourth-order valence-electron chi connectivity index (χ4n) is 2.90. The maximum atomic E-state index is 13.4. The fraction of sp³-hybridized carbons (Fsp3) is 0.533. The summed E-state index contributed by atoms with van der Waals surface area (Å²) in [5.41, 5.74) is 0. The molecule has 3 rings (SSSR count). The molecule has 6 heteroatoms. The molecule has 2 fully saturated rings. The Labute approximate surface area is 127 Å². The van der Waals surface area contributed by atoms with Gasteiger partial charge in [-0.15, -0.1) is 11.8 Å². The number of carbonyl (C=O) groups excluding carboxylic acids is 1. The monoisotopic (exact) mass is 310 g/mol. The van der Waals surface area contributed by atoms with E-state index in [4.69, 9.17) is 4.74 Å². The number of hydrogen-bond acceptors (Lipinski definition) is 3. The molecule has 2 heterocycles. The second-order valence-corrected chi connectivity index (χ2v) is 6.53.